The normalized spacial score (nSPS) is 10.5. The minimum Gasteiger partial charge on any atom is -0.484 e. The summed E-state index contributed by atoms with van der Waals surface area (Å²) in [6.07, 6.45) is 0. The van der Waals surface area contributed by atoms with Gasteiger partial charge in [-0.05, 0) is 53.2 Å². The highest BCUT2D eigenvalue weighted by Gasteiger charge is 2.09. The fourth-order valence-electron chi connectivity index (χ4n) is 2.52. The van der Waals surface area contributed by atoms with Crippen LogP contribution in [-0.4, -0.2) is 18.4 Å². The minimum atomic E-state index is -0.333. The summed E-state index contributed by atoms with van der Waals surface area (Å²) >= 11 is 9.58. The molecule has 0 radical (unpaired) electrons. The molecule has 0 aliphatic rings. The van der Waals surface area contributed by atoms with Crippen molar-refractivity contribution < 1.29 is 14.3 Å². The molecule has 3 aromatic rings. The first-order valence-electron chi connectivity index (χ1n) is 8.10. The van der Waals surface area contributed by atoms with Crippen molar-refractivity contribution in [3.05, 3.63) is 64.1 Å². The molecule has 0 heterocycles. The van der Waals surface area contributed by atoms with Crippen molar-refractivity contribution in [1.29, 1.82) is 0 Å². The lowest BCUT2D eigenvalue weighted by atomic mass is 10.1. The molecule has 5 nitrogen and oxygen atoms in total. The van der Waals surface area contributed by atoms with Crippen LogP contribution in [0.3, 0.4) is 0 Å². The Hall–Kier alpha value is -2.57. The van der Waals surface area contributed by atoms with Crippen LogP contribution in [0.4, 0.5) is 11.4 Å². The third kappa shape index (κ3) is 5.21. The number of hydrogen-bond donors (Lipinski definition) is 2. The lowest BCUT2D eigenvalue weighted by Crippen LogP contribution is -2.20. The monoisotopic (exact) mass is 446 g/mol. The topological polar surface area (TPSA) is 67.4 Å². The number of rotatable bonds is 5. The smallest absolute Gasteiger partial charge is 0.262 e. The van der Waals surface area contributed by atoms with Crippen molar-refractivity contribution in [1.82, 2.24) is 0 Å². The first-order valence-corrected chi connectivity index (χ1v) is 9.27. The Morgan fingerprint density at radius 3 is 2.48 bits per heavy atom. The number of halogens is 2. The van der Waals surface area contributed by atoms with E-state index in [1.807, 2.05) is 36.4 Å². The Morgan fingerprint density at radius 2 is 1.74 bits per heavy atom. The highest BCUT2D eigenvalue weighted by Crippen LogP contribution is 2.26. The van der Waals surface area contributed by atoms with Gasteiger partial charge in [0.15, 0.2) is 6.61 Å². The number of nitrogens with one attached hydrogen (secondary N) is 2. The quantitative estimate of drug-likeness (QED) is 0.563. The molecule has 2 N–H and O–H groups in total. The number of anilines is 2. The summed E-state index contributed by atoms with van der Waals surface area (Å²) in [6, 6.07) is 16.4. The number of hydrogen-bond acceptors (Lipinski definition) is 3. The van der Waals surface area contributed by atoms with Gasteiger partial charge >= 0.3 is 0 Å². The van der Waals surface area contributed by atoms with Crippen molar-refractivity contribution in [3.8, 4) is 5.75 Å². The number of fused-ring (bicyclic) bond motifs is 1. The van der Waals surface area contributed by atoms with Crippen LogP contribution < -0.4 is 15.4 Å². The second kappa shape index (κ2) is 8.41. The Labute approximate surface area is 169 Å². The molecular weight excluding hydrogens is 432 g/mol. The molecular formula is C20H16BrClN2O3. The predicted octanol–water partition coefficient (Wildman–Crippen LogP) is 5.23. The van der Waals surface area contributed by atoms with Gasteiger partial charge in [0, 0.05) is 17.1 Å². The van der Waals surface area contributed by atoms with Crippen LogP contribution in [0.1, 0.15) is 6.92 Å². The lowest BCUT2D eigenvalue weighted by Gasteiger charge is -2.11. The SMILES string of the molecule is CC(=O)Nc1ccc(NC(=O)COc2ccc3cc(Br)ccc3c2)c(Cl)c1. The summed E-state index contributed by atoms with van der Waals surface area (Å²) in [6.45, 7) is 1.26. The molecule has 3 rings (SSSR count). The van der Waals surface area contributed by atoms with Gasteiger partial charge in [0.25, 0.3) is 5.91 Å². The molecule has 2 amide bonds. The molecule has 0 spiro atoms. The molecule has 0 atom stereocenters. The molecule has 7 heteroatoms. The standard InChI is InChI=1S/C20H16BrClN2O3/c1-12(25)23-16-5-7-19(18(22)10-16)24-20(26)11-27-17-6-3-13-8-15(21)4-2-14(13)9-17/h2-10H,11H2,1H3,(H,23,25)(H,24,26). The van der Waals surface area contributed by atoms with E-state index in [0.29, 0.717) is 22.1 Å². The average molecular weight is 448 g/mol. The van der Waals surface area contributed by atoms with Crippen LogP contribution in [0.25, 0.3) is 10.8 Å². The summed E-state index contributed by atoms with van der Waals surface area (Å²) < 4.78 is 6.57. The second-order valence-corrected chi connectivity index (χ2v) is 7.19. The van der Waals surface area contributed by atoms with Gasteiger partial charge in [0.1, 0.15) is 5.75 Å². The van der Waals surface area contributed by atoms with Gasteiger partial charge in [-0.25, -0.2) is 0 Å². The van der Waals surface area contributed by atoms with Crippen LogP contribution in [0.5, 0.6) is 5.75 Å². The van der Waals surface area contributed by atoms with Crippen molar-refractivity contribution in [2.75, 3.05) is 17.2 Å². The first kappa shape index (κ1) is 19.2. The van der Waals surface area contributed by atoms with E-state index in [1.165, 1.54) is 6.92 Å². The predicted molar refractivity (Wildman–Crippen MR) is 112 cm³/mol. The van der Waals surface area contributed by atoms with E-state index in [0.717, 1.165) is 15.2 Å². The zero-order chi connectivity index (χ0) is 19.4. The minimum absolute atomic E-state index is 0.147. The third-order valence-electron chi connectivity index (χ3n) is 3.71. The molecule has 3 aromatic carbocycles. The van der Waals surface area contributed by atoms with Crippen LogP contribution in [-0.2, 0) is 9.59 Å². The summed E-state index contributed by atoms with van der Waals surface area (Å²) in [4.78, 5) is 23.2. The van der Waals surface area contributed by atoms with Gasteiger partial charge in [0.2, 0.25) is 5.91 Å². The molecule has 0 fully saturated rings. The average Bonchev–Trinajstić information content (AvgIpc) is 2.61. The van der Waals surface area contributed by atoms with E-state index < -0.39 is 0 Å². The Morgan fingerprint density at radius 1 is 1.00 bits per heavy atom. The molecule has 0 bridgehead atoms. The largest absolute Gasteiger partial charge is 0.484 e. The second-order valence-electron chi connectivity index (χ2n) is 5.87. The zero-order valence-corrected chi connectivity index (χ0v) is 16.7. The number of amides is 2. The van der Waals surface area contributed by atoms with E-state index in [9.17, 15) is 9.59 Å². The Bertz CT molecular complexity index is 1020. The van der Waals surface area contributed by atoms with Crippen LogP contribution in [0.2, 0.25) is 5.02 Å². The van der Waals surface area contributed by atoms with Crippen molar-refractivity contribution in [2.24, 2.45) is 0 Å². The van der Waals surface area contributed by atoms with Gasteiger partial charge in [-0.1, -0.05) is 39.7 Å². The molecule has 0 unspecified atom stereocenters. The fourth-order valence-corrected chi connectivity index (χ4v) is 3.12. The summed E-state index contributed by atoms with van der Waals surface area (Å²) in [5, 5.41) is 7.74. The van der Waals surface area contributed by atoms with E-state index in [-0.39, 0.29) is 18.4 Å². The number of ether oxygens (including phenoxy) is 1. The van der Waals surface area contributed by atoms with E-state index in [4.69, 9.17) is 16.3 Å². The number of carbonyl (C=O) groups is 2. The van der Waals surface area contributed by atoms with Gasteiger partial charge in [0.05, 0.1) is 10.7 Å². The zero-order valence-electron chi connectivity index (χ0n) is 14.4. The van der Waals surface area contributed by atoms with Crippen LogP contribution in [0.15, 0.2) is 59.1 Å². The molecule has 0 aliphatic heterocycles. The highest BCUT2D eigenvalue weighted by atomic mass is 79.9. The molecule has 27 heavy (non-hydrogen) atoms. The van der Waals surface area contributed by atoms with Gasteiger partial charge in [-0.3, -0.25) is 9.59 Å². The molecule has 0 saturated carbocycles. The molecule has 0 aromatic heterocycles. The summed E-state index contributed by atoms with van der Waals surface area (Å²) in [5.41, 5.74) is 1.01. The van der Waals surface area contributed by atoms with Gasteiger partial charge in [-0.15, -0.1) is 0 Å². The third-order valence-corrected chi connectivity index (χ3v) is 4.51. The molecule has 0 saturated heterocycles. The Kier molecular flexibility index (Phi) is 5.98. The lowest BCUT2D eigenvalue weighted by molar-refractivity contribution is -0.118. The van der Waals surface area contributed by atoms with E-state index in [1.54, 1.807) is 18.2 Å². The number of benzene rings is 3. The summed E-state index contributed by atoms with van der Waals surface area (Å²) in [5.74, 6) is 0.0751. The molecule has 138 valence electrons. The van der Waals surface area contributed by atoms with Crippen molar-refractivity contribution in [2.45, 2.75) is 6.92 Å². The highest BCUT2D eigenvalue weighted by molar-refractivity contribution is 9.10. The van der Waals surface area contributed by atoms with E-state index in [2.05, 4.69) is 26.6 Å². The maximum absolute atomic E-state index is 12.1. The molecule has 0 aliphatic carbocycles. The van der Waals surface area contributed by atoms with Crippen LogP contribution in [0, 0.1) is 0 Å². The van der Waals surface area contributed by atoms with Gasteiger partial charge < -0.3 is 15.4 Å². The maximum atomic E-state index is 12.1. The van der Waals surface area contributed by atoms with Crippen LogP contribution >= 0.6 is 27.5 Å². The summed E-state index contributed by atoms with van der Waals surface area (Å²) in [7, 11) is 0. The van der Waals surface area contributed by atoms with Crippen molar-refractivity contribution >= 4 is 61.5 Å². The maximum Gasteiger partial charge on any atom is 0.262 e. The first-order chi connectivity index (χ1) is 12.9. The fraction of sp³-hybridized carbons (Fsp3) is 0.100. The van der Waals surface area contributed by atoms with E-state index >= 15 is 0 Å². The van der Waals surface area contributed by atoms with Crippen molar-refractivity contribution in [3.63, 3.8) is 0 Å². The number of carbonyl (C=O) groups excluding carboxylic acids is 2. The van der Waals surface area contributed by atoms with Gasteiger partial charge in [-0.2, -0.15) is 0 Å². The Balaban J connectivity index is 1.61.